The lowest BCUT2D eigenvalue weighted by Gasteiger charge is -2.34. The number of nitrogens with zero attached hydrogens (tertiary/aromatic N) is 2. The molecule has 0 unspecified atom stereocenters. The molecule has 4 nitrogen and oxygen atoms in total. The molecule has 0 saturated carbocycles. The third kappa shape index (κ3) is 5.30. The number of hydrogen-bond acceptors (Lipinski definition) is 3. The average Bonchev–Trinajstić information content (AvgIpc) is 2.60. The maximum absolute atomic E-state index is 12.7. The molecule has 26 heavy (non-hydrogen) atoms. The summed E-state index contributed by atoms with van der Waals surface area (Å²) in [5.41, 5.74) is 3.16. The van der Waals surface area contributed by atoms with Crippen molar-refractivity contribution < 1.29 is 8.42 Å². The Bertz CT molecular complexity index is 846. The highest BCUT2D eigenvalue weighted by Gasteiger charge is 2.26. The van der Waals surface area contributed by atoms with Crippen molar-refractivity contribution in [3.05, 3.63) is 70.2 Å². The molecule has 0 radical (unpaired) electrons. The van der Waals surface area contributed by atoms with Crippen LogP contribution in [0.1, 0.15) is 16.7 Å². The van der Waals surface area contributed by atoms with E-state index < -0.39 is 10.0 Å². The summed E-state index contributed by atoms with van der Waals surface area (Å²) < 4.78 is 27.0. The van der Waals surface area contributed by atoms with Gasteiger partial charge in [-0.25, -0.2) is 8.42 Å². The van der Waals surface area contributed by atoms with Gasteiger partial charge in [0.05, 0.1) is 5.75 Å². The molecule has 0 aliphatic carbocycles. The minimum atomic E-state index is -3.26. The highest BCUT2D eigenvalue weighted by molar-refractivity contribution is 7.88. The van der Waals surface area contributed by atoms with Crippen LogP contribution in [0.3, 0.4) is 0 Å². The zero-order valence-electron chi connectivity index (χ0n) is 15.1. The van der Waals surface area contributed by atoms with Crippen molar-refractivity contribution in [3.63, 3.8) is 0 Å². The zero-order chi connectivity index (χ0) is 18.6. The summed E-state index contributed by atoms with van der Waals surface area (Å²) in [4.78, 5) is 2.32. The smallest absolute Gasteiger partial charge is 0.218 e. The van der Waals surface area contributed by atoms with Gasteiger partial charge < -0.3 is 4.90 Å². The second-order valence-corrected chi connectivity index (χ2v) is 9.27. The van der Waals surface area contributed by atoms with Crippen LogP contribution in [0.25, 0.3) is 0 Å². The maximum atomic E-state index is 12.7. The van der Waals surface area contributed by atoms with Gasteiger partial charge in [0.15, 0.2) is 0 Å². The lowest BCUT2D eigenvalue weighted by molar-refractivity contribution is 0.190. The predicted octanol–water partition coefficient (Wildman–Crippen LogP) is 3.34. The van der Waals surface area contributed by atoms with E-state index in [9.17, 15) is 8.42 Å². The lowest BCUT2D eigenvalue weighted by Crippen LogP contribution is -2.49. The van der Waals surface area contributed by atoms with Crippen molar-refractivity contribution in [2.24, 2.45) is 0 Å². The second-order valence-electron chi connectivity index (χ2n) is 6.87. The zero-order valence-corrected chi connectivity index (χ0v) is 16.6. The van der Waals surface area contributed by atoms with E-state index in [0.717, 1.165) is 42.2 Å². The number of piperazine rings is 1. The third-order valence-corrected chi connectivity index (χ3v) is 6.85. The summed E-state index contributed by atoms with van der Waals surface area (Å²) in [7, 11) is -3.26. The SMILES string of the molecule is Cc1cccc(CS(=O)(=O)N2CCN(CCc3cccc(Cl)c3)CC2)c1. The van der Waals surface area contributed by atoms with Crippen LogP contribution in [0.5, 0.6) is 0 Å². The Morgan fingerprint density at radius 1 is 0.962 bits per heavy atom. The number of halogens is 1. The Kier molecular flexibility index (Phi) is 6.35. The van der Waals surface area contributed by atoms with Crippen LogP contribution in [0.2, 0.25) is 5.02 Å². The van der Waals surface area contributed by atoms with Gasteiger partial charge in [-0.05, 0) is 36.6 Å². The molecule has 0 amide bonds. The standard InChI is InChI=1S/C20H25ClN2O2S/c1-17-4-2-6-19(14-17)16-26(24,25)23-12-10-22(11-13-23)9-8-18-5-3-7-20(21)15-18/h2-7,14-15H,8-13,16H2,1H3. The van der Waals surface area contributed by atoms with E-state index >= 15 is 0 Å². The van der Waals surface area contributed by atoms with Crippen LogP contribution in [0.4, 0.5) is 0 Å². The van der Waals surface area contributed by atoms with Gasteiger partial charge in [0.25, 0.3) is 0 Å². The largest absolute Gasteiger partial charge is 0.300 e. The molecule has 1 heterocycles. The molecule has 2 aromatic rings. The predicted molar refractivity (Wildman–Crippen MR) is 107 cm³/mol. The molecule has 0 N–H and O–H groups in total. The van der Waals surface area contributed by atoms with Gasteiger partial charge >= 0.3 is 0 Å². The summed E-state index contributed by atoms with van der Waals surface area (Å²) in [6, 6.07) is 15.6. The highest BCUT2D eigenvalue weighted by atomic mass is 35.5. The van der Waals surface area contributed by atoms with Crippen LogP contribution >= 0.6 is 11.6 Å². The van der Waals surface area contributed by atoms with Gasteiger partial charge in [0.2, 0.25) is 10.0 Å². The summed E-state index contributed by atoms with van der Waals surface area (Å²) in [5.74, 6) is 0.0806. The molecule has 0 spiro atoms. The van der Waals surface area contributed by atoms with Gasteiger partial charge in [-0.3, -0.25) is 0 Å². The molecule has 140 valence electrons. The first-order valence-corrected chi connectivity index (χ1v) is 10.9. The van der Waals surface area contributed by atoms with Gasteiger partial charge in [0, 0.05) is 37.7 Å². The summed E-state index contributed by atoms with van der Waals surface area (Å²) in [5, 5.41) is 0.759. The fourth-order valence-electron chi connectivity index (χ4n) is 3.31. The van der Waals surface area contributed by atoms with E-state index in [2.05, 4.69) is 11.0 Å². The number of benzene rings is 2. The summed E-state index contributed by atoms with van der Waals surface area (Å²) >= 11 is 6.02. The molecular formula is C20H25ClN2O2S. The number of rotatable bonds is 6. The van der Waals surface area contributed by atoms with Crippen LogP contribution < -0.4 is 0 Å². The fourth-order valence-corrected chi connectivity index (χ4v) is 5.03. The van der Waals surface area contributed by atoms with E-state index in [1.165, 1.54) is 5.56 Å². The van der Waals surface area contributed by atoms with Gasteiger partial charge in [0.1, 0.15) is 0 Å². The topological polar surface area (TPSA) is 40.6 Å². The number of hydrogen-bond donors (Lipinski definition) is 0. The molecule has 0 bridgehead atoms. The molecule has 2 aromatic carbocycles. The first kappa shape index (κ1) is 19.4. The first-order chi connectivity index (χ1) is 12.4. The van der Waals surface area contributed by atoms with Crippen molar-refractivity contribution >= 4 is 21.6 Å². The molecule has 1 aliphatic rings. The first-order valence-electron chi connectivity index (χ1n) is 8.92. The van der Waals surface area contributed by atoms with Crippen LogP contribution in [-0.2, 0) is 22.2 Å². The Hall–Kier alpha value is -1.40. The second kappa shape index (κ2) is 8.53. The number of aryl methyl sites for hydroxylation is 1. The fraction of sp³-hybridized carbons (Fsp3) is 0.400. The summed E-state index contributed by atoms with van der Waals surface area (Å²) in [6.45, 7) is 5.57. The van der Waals surface area contributed by atoms with Crippen LogP contribution in [-0.4, -0.2) is 50.3 Å². The monoisotopic (exact) mass is 392 g/mol. The Labute approximate surface area is 161 Å². The van der Waals surface area contributed by atoms with E-state index in [-0.39, 0.29) is 5.75 Å². The van der Waals surface area contributed by atoms with E-state index in [0.29, 0.717) is 13.1 Å². The highest BCUT2D eigenvalue weighted by Crippen LogP contribution is 2.16. The van der Waals surface area contributed by atoms with Gasteiger partial charge in [-0.2, -0.15) is 4.31 Å². The molecule has 6 heteroatoms. The molecule has 0 atom stereocenters. The molecule has 1 saturated heterocycles. The minimum absolute atomic E-state index is 0.0806. The molecule has 1 fully saturated rings. The Balaban J connectivity index is 1.51. The van der Waals surface area contributed by atoms with Crippen molar-refractivity contribution in [1.29, 1.82) is 0 Å². The molecule has 1 aliphatic heterocycles. The molecule has 3 rings (SSSR count). The maximum Gasteiger partial charge on any atom is 0.218 e. The quantitative estimate of drug-likeness (QED) is 0.757. The average molecular weight is 393 g/mol. The normalized spacial score (nSPS) is 16.7. The minimum Gasteiger partial charge on any atom is -0.300 e. The Morgan fingerprint density at radius 3 is 2.35 bits per heavy atom. The summed E-state index contributed by atoms with van der Waals surface area (Å²) in [6.07, 6.45) is 0.927. The van der Waals surface area contributed by atoms with Gasteiger partial charge in [-0.1, -0.05) is 53.6 Å². The van der Waals surface area contributed by atoms with E-state index in [4.69, 9.17) is 11.6 Å². The number of sulfonamides is 1. The van der Waals surface area contributed by atoms with E-state index in [1.807, 2.05) is 49.4 Å². The van der Waals surface area contributed by atoms with Crippen molar-refractivity contribution in [3.8, 4) is 0 Å². The molecular weight excluding hydrogens is 368 g/mol. The van der Waals surface area contributed by atoms with Crippen molar-refractivity contribution in [2.75, 3.05) is 32.7 Å². The van der Waals surface area contributed by atoms with Crippen LogP contribution in [0, 0.1) is 6.92 Å². The van der Waals surface area contributed by atoms with Crippen LogP contribution in [0.15, 0.2) is 48.5 Å². The third-order valence-electron chi connectivity index (χ3n) is 4.76. The van der Waals surface area contributed by atoms with Crippen molar-refractivity contribution in [1.82, 2.24) is 9.21 Å². The van der Waals surface area contributed by atoms with Gasteiger partial charge in [-0.15, -0.1) is 0 Å². The van der Waals surface area contributed by atoms with Crippen molar-refractivity contribution in [2.45, 2.75) is 19.1 Å². The Morgan fingerprint density at radius 2 is 1.65 bits per heavy atom. The lowest BCUT2D eigenvalue weighted by atomic mass is 10.1. The van der Waals surface area contributed by atoms with E-state index in [1.54, 1.807) is 4.31 Å². The molecule has 0 aromatic heterocycles.